The Hall–Kier alpha value is -1.82. The van der Waals surface area contributed by atoms with Gasteiger partial charge in [0.15, 0.2) is 0 Å². The van der Waals surface area contributed by atoms with Crippen LogP contribution >= 0.6 is 0 Å². The second kappa shape index (κ2) is 3.97. The summed E-state index contributed by atoms with van der Waals surface area (Å²) in [6, 6.07) is 1.96. The fraction of sp³-hybridized carbons (Fsp3) is 0.400. The van der Waals surface area contributed by atoms with Crippen molar-refractivity contribution in [1.29, 1.82) is 0 Å². The summed E-state index contributed by atoms with van der Waals surface area (Å²) in [4.78, 5) is 12.2. The minimum atomic E-state index is 0.197. The maximum Gasteiger partial charge on any atom is 0.244 e. The van der Waals surface area contributed by atoms with E-state index in [4.69, 9.17) is 4.52 Å². The standard InChI is InChI=1S/C10H11N5O/c1-2-8(12-4-1)10-14-9(15-16-10)7-3-5-11-6-13-7/h3,5-6,8,12H,1-2,4H2. The van der Waals surface area contributed by atoms with E-state index in [1.807, 2.05) is 0 Å². The molecule has 1 unspecified atom stereocenters. The van der Waals surface area contributed by atoms with Crippen molar-refractivity contribution in [2.45, 2.75) is 18.9 Å². The average molecular weight is 217 g/mol. The Morgan fingerprint density at radius 3 is 3.19 bits per heavy atom. The lowest BCUT2D eigenvalue weighted by atomic mass is 10.2. The van der Waals surface area contributed by atoms with Crippen LogP contribution in [-0.4, -0.2) is 26.7 Å². The Morgan fingerprint density at radius 1 is 1.44 bits per heavy atom. The Morgan fingerprint density at radius 2 is 2.44 bits per heavy atom. The molecule has 16 heavy (non-hydrogen) atoms. The number of hydrogen-bond donors (Lipinski definition) is 1. The maximum atomic E-state index is 5.22. The van der Waals surface area contributed by atoms with E-state index >= 15 is 0 Å². The monoisotopic (exact) mass is 217 g/mol. The van der Waals surface area contributed by atoms with Crippen molar-refractivity contribution < 1.29 is 4.52 Å². The molecule has 82 valence electrons. The van der Waals surface area contributed by atoms with Gasteiger partial charge in [0.2, 0.25) is 11.7 Å². The van der Waals surface area contributed by atoms with Crippen molar-refractivity contribution in [2.24, 2.45) is 0 Å². The number of rotatable bonds is 2. The summed E-state index contributed by atoms with van der Waals surface area (Å²) < 4.78 is 5.22. The molecule has 3 rings (SSSR count). The Kier molecular flexibility index (Phi) is 2.34. The molecule has 0 amide bonds. The molecule has 6 heteroatoms. The van der Waals surface area contributed by atoms with Gasteiger partial charge in [0.05, 0.1) is 6.04 Å². The summed E-state index contributed by atoms with van der Waals surface area (Å²) in [6.45, 7) is 1.01. The molecule has 1 N–H and O–H groups in total. The van der Waals surface area contributed by atoms with Crippen LogP contribution in [0.1, 0.15) is 24.8 Å². The van der Waals surface area contributed by atoms with Gasteiger partial charge < -0.3 is 9.84 Å². The smallest absolute Gasteiger partial charge is 0.244 e. The SMILES string of the molecule is c1cc(-c2noc(C3CCCN3)n2)ncn1. The molecule has 3 heterocycles. The lowest BCUT2D eigenvalue weighted by Gasteiger charge is -2.01. The van der Waals surface area contributed by atoms with E-state index in [0.29, 0.717) is 17.4 Å². The highest BCUT2D eigenvalue weighted by Gasteiger charge is 2.22. The third-order valence-electron chi connectivity index (χ3n) is 2.61. The van der Waals surface area contributed by atoms with Gasteiger partial charge in [-0.15, -0.1) is 0 Å². The lowest BCUT2D eigenvalue weighted by molar-refractivity contribution is 0.345. The van der Waals surface area contributed by atoms with E-state index in [9.17, 15) is 0 Å². The fourth-order valence-electron chi connectivity index (χ4n) is 1.80. The minimum absolute atomic E-state index is 0.197. The zero-order chi connectivity index (χ0) is 10.8. The summed E-state index contributed by atoms with van der Waals surface area (Å²) in [7, 11) is 0. The molecule has 1 aliphatic heterocycles. The van der Waals surface area contributed by atoms with E-state index < -0.39 is 0 Å². The fourth-order valence-corrected chi connectivity index (χ4v) is 1.80. The van der Waals surface area contributed by atoms with Crippen LogP contribution < -0.4 is 5.32 Å². The van der Waals surface area contributed by atoms with Crippen LogP contribution in [0.3, 0.4) is 0 Å². The van der Waals surface area contributed by atoms with E-state index in [1.54, 1.807) is 12.3 Å². The van der Waals surface area contributed by atoms with Gasteiger partial charge in [0, 0.05) is 6.20 Å². The van der Waals surface area contributed by atoms with Gasteiger partial charge in [-0.3, -0.25) is 0 Å². The highest BCUT2D eigenvalue weighted by molar-refractivity contribution is 5.46. The van der Waals surface area contributed by atoms with Crippen LogP contribution in [0.5, 0.6) is 0 Å². The van der Waals surface area contributed by atoms with Gasteiger partial charge in [-0.25, -0.2) is 9.97 Å². The predicted molar refractivity (Wildman–Crippen MR) is 55.3 cm³/mol. The highest BCUT2D eigenvalue weighted by Crippen LogP contribution is 2.23. The molecular formula is C10H11N5O. The van der Waals surface area contributed by atoms with Crippen LogP contribution in [0, 0.1) is 0 Å². The minimum Gasteiger partial charge on any atom is -0.337 e. The largest absolute Gasteiger partial charge is 0.337 e. The molecular weight excluding hydrogens is 206 g/mol. The Labute approximate surface area is 92.1 Å². The Balaban J connectivity index is 1.87. The van der Waals surface area contributed by atoms with Crippen molar-refractivity contribution in [3.8, 4) is 11.5 Å². The molecule has 0 bridgehead atoms. The molecule has 0 radical (unpaired) electrons. The van der Waals surface area contributed by atoms with Crippen molar-refractivity contribution in [3.05, 3.63) is 24.5 Å². The normalized spacial score (nSPS) is 20.1. The predicted octanol–water partition coefficient (Wildman–Crippen LogP) is 0.951. The molecule has 1 fully saturated rings. The van der Waals surface area contributed by atoms with Gasteiger partial charge in [0.1, 0.15) is 12.0 Å². The second-order valence-electron chi connectivity index (χ2n) is 3.70. The van der Waals surface area contributed by atoms with Crippen LogP contribution in [0.4, 0.5) is 0 Å². The first-order valence-corrected chi connectivity index (χ1v) is 5.27. The van der Waals surface area contributed by atoms with E-state index in [0.717, 1.165) is 19.4 Å². The molecule has 0 saturated carbocycles. The first kappa shape index (κ1) is 9.41. The van der Waals surface area contributed by atoms with Crippen LogP contribution in [0.15, 0.2) is 23.1 Å². The maximum absolute atomic E-state index is 5.22. The number of hydrogen-bond acceptors (Lipinski definition) is 6. The van der Waals surface area contributed by atoms with E-state index in [-0.39, 0.29) is 6.04 Å². The lowest BCUT2D eigenvalue weighted by Crippen LogP contribution is -2.12. The van der Waals surface area contributed by atoms with Crippen LogP contribution in [0.25, 0.3) is 11.5 Å². The summed E-state index contributed by atoms with van der Waals surface area (Å²) in [6.07, 6.45) is 5.33. The summed E-state index contributed by atoms with van der Waals surface area (Å²) in [5.74, 6) is 1.16. The quantitative estimate of drug-likeness (QED) is 0.807. The summed E-state index contributed by atoms with van der Waals surface area (Å²) in [5, 5.41) is 7.22. The molecule has 1 saturated heterocycles. The van der Waals surface area contributed by atoms with Gasteiger partial charge in [-0.2, -0.15) is 4.98 Å². The molecule has 1 aliphatic rings. The zero-order valence-corrected chi connectivity index (χ0v) is 8.63. The molecule has 2 aromatic rings. The zero-order valence-electron chi connectivity index (χ0n) is 8.63. The first-order chi connectivity index (χ1) is 7.93. The van der Waals surface area contributed by atoms with E-state index in [1.165, 1.54) is 6.33 Å². The summed E-state index contributed by atoms with van der Waals surface area (Å²) in [5.41, 5.74) is 0.683. The molecule has 0 spiro atoms. The first-order valence-electron chi connectivity index (χ1n) is 5.27. The van der Waals surface area contributed by atoms with Crippen LogP contribution in [0.2, 0.25) is 0 Å². The van der Waals surface area contributed by atoms with Crippen molar-refractivity contribution in [2.75, 3.05) is 6.54 Å². The molecule has 0 aromatic carbocycles. The van der Waals surface area contributed by atoms with Gasteiger partial charge >= 0.3 is 0 Å². The van der Waals surface area contributed by atoms with Crippen molar-refractivity contribution >= 4 is 0 Å². The van der Waals surface area contributed by atoms with Crippen molar-refractivity contribution in [3.63, 3.8) is 0 Å². The van der Waals surface area contributed by atoms with Crippen LogP contribution in [-0.2, 0) is 0 Å². The molecule has 1 atom stereocenters. The molecule has 0 aliphatic carbocycles. The number of nitrogens with zero attached hydrogens (tertiary/aromatic N) is 4. The summed E-state index contributed by atoms with van der Waals surface area (Å²) >= 11 is 0. The van der Waals surface area contributed by atoms with E-state index in [2.05, 4.69) is 25.4 Å². The van der Waals surface area contributed by atoms with Gasteiger partial charge in [-0.1, -0.05) is 5.16 Å². The number of aromatic nitrogens is 4. The highest BCUT2D eigenvalue weighted by atomic mass is 16.5. The molecule has 2 aromatic heterocycles. The third-order valence-corrected chi connectivity index (χ3v) is 2.61. The van der Waals surface area contributed by atoms with Crippen molar-refractivity contribution in [1.82, 2.24) is 25.4 Å². The second-order valence-corrected chi connectivity index (χ2v) is 3.70. The third kappa shape index (κ3) is 1.67. The number of nitrogens with one attached hydrogen (secondary N) is 1. The molecule has 6 nitrogen and oxygen atoms in total. The average Bonchev–Trinajstić information content (AvgIpc) is 3.01. The van der Waals surface area contributed by atoms with Gasteiger partial charge in [0.25, 0.3) is 0 Å². The van der Waals surface area contributed by atoms with Gasteiger partial charge in [-0.05, 0) is 25.5 Å². The Bertz CT molecular complexity index is 463. The topological polar surface area (TPSA) is 76.7 Å².